The molecule has 7 heteroatoms. The molecule has 0 fully saturated rings. The second kappa shape index (κ2) is 13.8. The lowest BCUT2D eigenvalue weighted by molar-refractivity contribution is -0.256. The fourth-order valence-electron chi connectivity index (χ4n) is 1.72. The largest absolute Gasteiger partial charge is 0.545 e. The van der Waals surface area contributed by atoms with Crippen LogP contribution >= 0.6 is 0 Å². The van der Waals surface area contributed by atoms with Crippen LogP contribution < -0.4 is 15.3 Å². The molecule has 3 aromatic rings. The number of carbonyl (C=O) groups is 3. The summed E-state index contributed by atoms with van der Waals surface area (Å²) < 4.78 is 0. The van der Waals surface area contributed by atoms with Crippen molar-refractivity contribution >= 4 is 35.3 Å². The van der Waals surface area contributed by atoms with Crippen LogP contribution in [0.5, 0.6) is 0 Å². The zero-order valence-corrected chi connectivity index (χ0v) is 15.8. The fourth-order valence-corrected chi connectivity index (χ4v) is 1.72. The Balaban J connectivity index is 0.000000384. The maximum atomic E-state index is 10.1. The molecule has 0 atom stereocenters. The Morgan fingerprint density at radius 3 is 0.714 bits per heavy atom. The average Bonchev–Trinajstić information content (AvgIpc) is 2.71. The summed E-state index contributed by atoms with van der Waals surface area (Å²) in [5.41, 5.74) is 0.660. The highest BCUT2D eigenvalue weighted by Gasteiger charge is 1.87. The second-order valence-corrected chi connectivity index (χ2v) is 4.96. The number of aromatic carboxylic acids is 3. The van der Waals surface area contributed by atoms with Crippen molar-refractivity contribution in [3.63, 3.8) is 0 Å². The van der Waals surface area contributed by atoms with Gasteiger partial charge in [-0.15, -0.1) is 0 Å². The molecule has 3 aromatic carbocycles. The maximum absolute atomic E-state index is 10.1. The van der Waals surface area contributed by atoms with Gasteiger partial charge in [-0.3, -0.25) is 0 Å². The first-order valence-electron chi connectivity index (χ1n) is 7.71. The lowest BCUT2D eigenvalue weighted by Gasteiger charge is -1.97. The van der Waals surface area contributed by atoms with Crippen LogP contribution in [0.4, 0.5) is 0 Å². The maximum Gasteiger partial charge on any atom is 0.0715 e. The molecule has 0 aliphatic rings. The van der Waals surface area contributed by atoms with E-state index in [-0.39, 0.29) is 34.1 Å². The van der Waals surface area contributed by atoms with Crippen molar-refractivity contribution in [2.45, 2.75) is 0 Å². The zero-order valence-electron chi connectivity index (χ0n) is 14.7. The molecule has 0 bridgehead atoms. The molecular formula is C21H15AlO6-3. The van der Waals surface area contributed by atoms with Gasteiger partial charge in [0, 0.05) is 17.4 Å². The molecule has 0 heterocycles. The van der Waals surface area contributed by atoms with E-state index in [1.165, 1.54) is 36.4 Å². The quantitative estimate of drug-likeness (QED) is 0.570. The van der Waals surface area contributed by atoms with Gasteiger partial charge >= 0.3 is 0 Å². The highest BCUT2D eigenvalue weighted by molar-refractivity contribution is 5.86. The standard InChI is InChI=1S/3C7H6O2.Al/c3*8-7(9)6-4-2-1-3-5-6;/h3*1-5H,(H,8,9);/p-3. The minimum Gasteiger partial charge on any atom is -0.545 e. The molecule has 0 spiro atoms. The van der Waals surface area contributed by atoms with Crippen LogP contribution in [0.25, 0.3) is 0 Å². The average molecular weight is 390 g/mol. The first-order chi connectivity index (χ1) is 12.9. The number of benzene rings is 3. The monoisotopic (exact) mass is 390 g/mol. The van der Waals surface area contributed by atoms with E-state index in [0.717, 1.165) is 0 Å². The number of rotatable bonds is 3. The summed E-state index contributed by atoms with van der Waals surface area (Å²) >= 11 is 0. The summed E-state index contributed by atoms with van der Waals surface area (Å²) in [5.74, 6) is -3.39. The molecule has 0 amide bonds. The van der Waals surface area contributed by atoms with E-state index < -0.39 is 17.9 Å². The van der Waals surface area contributed by atoms with E-state index in [1.807, 2.05) is 0 Å². The lowest BCUT2D eigenvalue weighted by atomic mass is 10.2. The lowest BCUT2D eigenvalue weighted by Crippen LogP contribution is -2.21. The van der Waals surface area contributed by atoms with Gasteiger partial charge in [-0.1, -0.05) is 91.0 Å². The van der Waals surface area contributed by atoms with Crippen molar-refractivity contribution in [1.82, 2.24) is 0 Å². The van der Waals surface area contributed by atoms with Gasteiger partial charge in [0.05, 0.1) is 17.9 Å². The summed E-state index contributed by atoms with van der Waals surface area (Å²) in [7, 11) is 0. The van der Waals surface area contributed by atoms with Crippen molar-refractivity contribution in [2.75, 3.05) is 0 Å². The van der Waals surface area contributed by atoms with Gasteiger partial charge in [0.15, 0.2) is 0 Å². The molecular weight excluding hydrogens is 375 g/mol. The first kappa shape index (κ1) is 24.6. The number of carbonyl (C=O) groups excluding carboxylic acids is 3. The van der Waals surface area contributed by atoms with E-state index in [9.17, 15) is 29.7 Å². The van der Waals surface area contributed by atoms with E-state index in [0.29, 0.717) is 0 Å². The van der Waals surface area contributed by atoms with Crippen molar-refractivity contribution in [1.29, 1.82) is 0 Å². The summed E-state index contributed by atoms with van der Waals surface area (Å²) in [5, 5.41) is 30.3. The third-order valence-electron chi connectivity index (χ3n) is 3.03. The highest BCUT2D eigenvalue weighted by atomic mass is 27.0. The number of carboxylic acid groups (broad SMARTS) is 3. The molecule has 3 rings (SSSR count). The minimum atomic E-state index is -1.13. The van der Waals surface area contributed by atoms with Gasteiger partial charge in [-0.2, -0.15) is 0 Å². The second-order valence-electron chi connectivity index (χ2n) is 4.96. The molecule has 3 radical (unpaired) electrons. The Hall–Kier alpha value is -3.40. The molecule has 6 nitrogen and oxygen atoms in total. The molecule has 141 valence electrons. The van der Waals surface area contributed by atoms with Gasteiger partial charge in [0.1, 0.15) is 0 Å². The molecule has 0 aliphatic heterocycles. The van der Waals surface area contributed by atoms with Crippen molar-refractivity contribution in [2.24, 2.45) is 0 Å². The number of hydrogen-bond donors (Lipinski definition) is 0. The zero-order chi connectivity index (χ0) is 20.1. The Morgan fingerprint density at radius 1 is 0.429 bits per heavy atom. The molecule has 0 N–H and O–H groups in total. The van der Waals surface area contributed by atoms with Crippen LogP contribution in [-0.2, 0) is 0 Å². The van der Waals surface area contributed by atoms with E-state index in [4.69, 9.17) is 0 Å². The fraction of sp³-hybridized carbons (Fsp3) is 0. The van der Waals surface area contributed by atoms with Crippen LogP contribution in [0.3, 0.4) is 0 Å². The van der Waals surface area contributed by atoms with E-state index in [1.54, 1.807) is 54.6 Å². The van der Waals surface area contributed by atoms with Gasteiger partial charge in [-0.05, 0) is 16.7 Å². The summed E-state index contributed by atoms with van der Waals surface area (Å²) in [6.07, 6.45) is 0. The SMILES string of the molecule is O=C([O-])c1ccccc1.O=C([O-])c1ccccc1.O=C([O-])c1ccccc1.[Al]. The Morgan fingerprint density at radius 2 is 0.607 bits per heavy atom. The van der Waals surface area contributed by atoms with E-state index in [2.05, 4.69) is 0 Å². The molecule has 0 saturated heterocycles. The molecule has 0 unspecified atom stereocenters. The van der Waals surface area contributed by atoms with Gasteiger partial charge in [0.2, 0.25) is 0 Å². The number of hydrogen-bond acceptors (Lipinski definition) is 6. The third-order valence-corrected chi connectivity index (χ3v) is 3.03. The first-order valence-corrected chi connectivity index (χ1v) is 7.71. The van der Waals surface area contributed by atoms with Gasteiger partial charge < -0.3 is 29.7 Å². The number of carboxylic acids is 3. The normalized spacial score (nSPS) is 8.57. The van der Waals surface area contributed by atoms with Crippen molar-refractivity contribution in [3.8, 4) is 0 Å². The third kappa shape index (κ3) is 9.92. The topological polar surface area (TPSA) is 120 Å². The summed E-state index contributed by atoms with van der Waals surface area (Å²) in [6.45, 7) is 0. The summed E-state index contributed by atoms with van der Waals surface area (Å²) in [6, 6.07) is 24.2. The van der Waals surface area contributed by atoms with Crippen molar-refractivity contribution in [3.05, 3.63) is 108 Å². The van der Waals surface area contributed by atoms with Crippen molar-refractivity contribution < 1.29 is 29.7 Å². The van der Waals surface area contributed by atoms with Crippen LogP contribution in [0.15, 0.2) is 91.0 Å². The van der Waals surface area contributed by atoms with Crippen LogP contribution in [0, 0.1) is 0 Å². The Labute approximate surface area is 172 Å². The van der Waals surface area contributed by atoms with Crippen LogP contribution in [0.1, 0.15) is 31.1 Å². The predicted molar refractivity (Wildman–Crippen MR) is 98.1 cm³/mol. The molecule has 0 aliphatic carbocycles. The van der Waals surface area contributed by atoms with Crippen LogP contribution in [0.2, 0.25) is 0 Å². The molecule has 0 aromatic heterocycles. The van der Waals surface area contributed by atoms with Gasteiger partial charge in [0.25, 0.3) is 0 Å². The Kier molecular flexibility index (Phi) is 12.1. The Bertz CT molecular complexity index is 734. The highest BCUT2D eigenvalue weighted by Crippen LogP contribution is 1.95. The predicted octanol–water partition coefficient (Wildman–Crippen LogP) is -0.231. The van der Waals surface area contributed by atoms with E-state index >= 15 is 0 Å². The molecule has 28 heavy (non-hydrogen) atoms. The summed E-state index contributed by atoms with van der Waals surface area (Å²) in [4.78, 5) is 30.3. The minimum absolute atomic E-state index is 0. The van der Waals surface area contributed by atoms with Gasteiger partial charge in [-0.25, -0.2) is 0 Å². The van der Waals surface area contributed by atoms with Crippen LogP contribution in [-0.4, -0.2) is 35.3 Å². The molecule has 0 saturated carbocycles. The smallest absolute Gasteiger partial charge is 0.0715 e.